The van der Waals surface area contributed by atoms with Crippen LogP contribution in [-0.4, -0.2) is 11.7 Å². The second-order valence-electron chi connectivity index (χ2n) is 18.3. The lowest BCUT2D eigenvalue weighted by Crippen LogP contribution is -2.44. The summed E-state index contributed by atoms with van der Waals surface area (Å²) in [5.41, 5.74) is 11.8. The molecule has 0 amide bonds. The van der Waals surface area contributed by atoms with Gasteiger partial charge in [0.05, 0.1) is 18.1 Å². The molecule has 7 aromatic carbocycles. The van der Waals surface area contributed by atoms with Crippen LogP contribution in [0, 0.1) is 10.8 Å². The fraction of sp³-hybridized carbons (Fsp3) is 0.222. The van der Waals surface area contributed by atoms with E-state index >= 15 is 0 Å². The molecule has 0 radical (unpaired) electrons. The van der Waals surface area contributed by atoms with Crippen molar-refractivity contribution in [1.82, 2.24) is 4.57 Å². The van der Waals surface area contributed by atoms with Gasteiger partial charge in [0.1, 0.15) is 11.5 Å². The first-order valence-corrected chi connectivity index (χ1v) is 20.4. The maximum Gasteiger partial charge on any atom is 0.178 e. The van der Waals surface area contributed by atoms with Crippen molar-refractivity contribution < 1.29 is 9.47 Å². The molecule has 3 aliphatic rings. The number of para-hydroxylation sites is 2. The summed E-state index contributed by atoms with van der Waals surface area (Å²) in [6.45, 7) is 9.92. The minimum Gasteiger partial charge on any atom is -0.497 e. The van der Waals surface area contributed by atoms with E-state index < -0.39 is 5.60 Å². The van der Waals surface area contributed by atoms with Gasteiger partial charge in [-0.1, -0.05) is 143 Å². The van der Waals surface area contributed by atoms with E-state index in [4.69, 9.17) is 9.47 Å². The highest BCUT2D eigenvalue weighted by Crippen LogP contribution is 2.66. The highest BCUT2D eigenvalue weighted by Gasteiger charge is 2.55. The van der Waals surface area contributed by atoms with Gasteiger partial charge in [0.25, 0.3) is 0 Å². The minimum absolute atomic E-state index is 0.136. The molecule has 0 bridgehead atoms. The molecule has 1 saturated carbocycles. The molecule has 0 saturated heterocycles. The van der Waals surface area contributed by atoms with Crippen molar-refractivity contribution in [3.63, 3.8) is 0 Å². The summed E-state index contributed by atoms with van der Waals surface area (Å²) in [5.74, 6) is 1.78. The summed E-state index contributed by atoms with van der Waals surface area (Å²) >= 11 is 0. The van der Waals surface area contributed by atoms with Gasteiger partial charge in [-0.25, -0.2) is 0 Å². The first-order valence-electron chi connectivity index (χ1n) is 20.4. The van der Waals surface area contributed by atoms with Crippen molar-refractivity contribution in [2.45, 2.75) is 58.0 Å². The third-order valence-electron chi connectivity index (χ3n) is 13.3. The number of aromatic nitrogens is 1. The Labute approximate surface area is 335 Å². The van der Waals surface area contributed by atoms with Crippen molar-refractivity contribution in [3.8, 4) is 28.3 Å². The Morgan fingerprint density at radius 2 is 1.11 bits per heavy atom. The zero-order chi connectivity index (χ0) is 38.7. The highest BCUT2D eigenvalue weighted by molar-refractivity contribution is 6.10. The van der Waals surface area contributed by atoms with Crippen molar-refractivity contribution >= 4 is 38.7 Å². The van der Waals surface area contributed by atoms with Crippen LogP contribution in [-0.2, 0) is 11.0 Å². The molecule has 1 aromatic heterocycles. The van der Waals surface area contributed by atoms with Crippen molar-refractivity contribution in [2.24, 2.45) is 10.8 Å². The van der Waals surface area contributed by atoms with Crippen molar-refractivity contribution in [3.05, 3.63) is 179 Å². The van der Waals surface area contributed by atoms with Crippen LogP contribution in [0.15, 0.2) is 152 Å². The van der Waals surface area contributed by atoms with Crippen molar-refractivity contribution in [1.29, 1.82) is 0 Å². The maximum atomic E-state index is 7.78. The molecule has 1 fully saturated rings. The Kier molecular flexibility index (Phi) is 7.19. The molecule has 57 heavy (non-hydrogen) atoms. The molecule has 1 atom stereocenters. The van der Waals surface area contributed by atoms with Gasteiger partial charge >= 0.3 is 0 Å². The zero-order valence-corrected chi connectivity index (χ0v) is 33.4. The molecule has 3 heteroatoms. The van der Waals surface area contributed by atoms with E-state index in [1.54, 1.807) is 7.11 Å². The van der Waals surface area contributed by atoms with Crippen LogP contribution in [0.3, 0.4) is 0 Å². The fourth-order valence-corrected chi connectivity index (χ4v) is 12.0. The van der Waals surface area contributed by atoms with E-state index in [0.29, 0.717) is 0 Å². The second kappa shape index (κ2) is 12.0. The normalized spacial score (nSPS) is 19.7. The number of benzene rings is 7. The quantitative estimate of drug-likeness (QED) is 0.179. The third kappa shape index (κ3) is 4.91. The lowest BCUT2D eigenvalue weighted by Gasteiger charge is -2.52. The molecule has 280 valence electrons. The number of hydrogen-bond acceptors (Lipinski definition) is 2. The minimum atomic E-state index is -0.890. The van der Waals surface area contributed by atoms with Crippen LogP contribution in [0.4, 0.5) is 0 Å². The number of methoxy groups -OCH3 is 1. The molecule has 0 N–H and O–H groups in total. The van der Waals surface area contributed by atoms with Crippen LogP contribution in [0.25, 0.3) is 55.5 Å². The second-order valence-corrected chi connectivity index (χ2v) is 18.3. The highest BCUT2D eigenvalue weighted by atomic mass is 16.5. The van der Waals surface area contributed by atoms with E-state index in [1.807, 2.05) is 0 Å². The van der Waals surface area contributed by atoms with Gasteiger partial charge in [-0.15, -0.1) is 0 Å². The summed E-state index contributed by atoms with van der Waals surface area (Å²) in [5, 5.41) is 4.92. The predicted molar refractivity (Wildman–Crippen MR) is 236 cm³/mol. The first-order chi connectivity index (χ1) is 27.6. The topological polar surface area (TPSA) is 23.4 Å². The Morgan fingerprint density at radius 3 is 1.74 bits per heavy atom. The van der Waals surface area contributed by atoms with Crippen LogP contribution >= 0.6 is 0 Å². The average molecular weight is 742 g/mol. The number of ether oxygens (including phenoxy) is 2. The van der Waals surface area contributed by atoms with E-state index in [-0.39, 0.29) is 16.2 Å². The maximum absolute atomic E-state index is 7.78. The molecule has 1 unspecified atom stereocenters. The van der Waals surface area contributed by atoms with Gasteiger partial charge in [0.2, 0.25) is 0 Å². The Morgan fingerprint density at radius 1 is 0.561 bits per heavy atom. The molecule has 2 aliphatic carbocycles. The van der Waals surface area contributed by atoms with Gasteiger partial charge in [-0.2, -0.15) is 0 Å². The van der Waals surface area contributed by atoms with Gasteiger partial charge < -0.3 is 14.0 Å². The monoisotopic (exact) mass is 741 g/mol. The lowest BCUT2D eigenvalue weighted by molar-refractivity contribution is 0.0642. The summed E-state index contributed by atoms with van der Waals surface area (Å²) in [6.07, 6.45) is 8.14. The molecular weight excluding hydrogens is 695 g/mol. The third-order valence-corrected chi connectivity index (χ3v) is 13.3. The predicted octanol–water partition coefficient (Wildman–Crippen LogP) is 13.8. The van der Waals surface area contributed by atoms with E-state index in [9.17, 15) is 0 Å². The summed E-state index contributed by atoms with van der Waals surface area (Å²) < 4.78 is 15.8. The number of nitrogens with zero attached hydrogens (tertiary/aromatic N) is 1. The number of fused-ring (bicyclic) bond motifs is 13. The molecule has 1 spiro atoms. The van der Waals surface area contributed by atoms with E-state index in [0.717, 1.165) is 46.5 Å². The van der Waals surface area contributed by atoms with E-state index in [2.05, 4.69) is 190 Å². The fourth-order valence-electron chi connectivity index (χ4n) is 12.0. The standard InChI is InChI=1S/C54H47NO2/c1-51(2)32-52(3,4)34-53(33-51)45-19-11-8-18-43(45)48-41-16-6-7-17-42(41)50-44(49(48)53)30-31-54(57-50,36-24-28-38(56-5)29-25-36)35-22-26-37(27-23-35)55-46-20-12-9-14-39(46)40-15-10-13-21-47(40)55/h6-31H,32-34H2,1-5H3. The van der Waals surface area contributed by atoms with Gasteiger partial charge in [0.15, 0.2) is 5.60 Å². The smallest absolute Gasteiger partial charge is 0.178 e. The van der Waals surface area contributed by atoms with Crippen LogP contribution in [0.1, 0.15) is 74.8 Å². The van der Waals surface area contributed by atoms with Crippen molar-refractivity contribution in [2.75, 3.05) is 7.11 Å². The summed E-state index contributed by atoms with van der Waals surface area (Å²) in [6, 6.07) is 53.0. The number of rotatable bonds is 4. The SMILES string of the molecule is COc1ccc(C2(c3ccc(-n4c5ccccc5c5ccccc54)cc3)C=Cc3c4c(c5ccccc5c3O2)-c2ccccc2C42CC(C)(C)CC(C)(C)C2)cc1. The molecule has 8 aromatic rings. The Bertz CT molecular complexity index is 2870. The van der Waals surface area contributed by atoms with Crippen LogP contribution < -0.4 is 9.47 Å². The lowest BCUT2D eigenvalue weighted by atomic mass is 9.52. The van der Waals surface area contributed by atoms with Crippen LogP contribution in [0.2, 0.25) is 0 Å². The van der Waals surface area contributed by atoms with Gasteiger partial charge in [0, 0.05) is 44.0 Å². The molecular formula is C54H47NO2. The largest absolute Gasteiger partial charge is 0.497 e. The number of hydrogen-bond donors (Lipinski definition) is 0. The van der Waals surface area contributed by atoms with Crippen LogP contribution in [0.5, 0.6) is 11.5 Å². The molecule has 1 aliphatic heterocycles. The van der Waals surface area contributed by atoms with Gasteiger partial charge in [-0.05, 0) is 100 Å². The molecule has 11 rings (SSSR count). The average Bonchev–Trinajstić information content (AvgIpc) is 3.69. The molecule has 3 nitrogen and oxygen atoms in total. The van der Waals surface area contributed by atoms with Gasteiger partial charge in [-0.3, -0.25) is 0 Å². The Balaban J connectivity index is 1.15. The van der Waals surface area contributed by atoms with E-state index in [1.165, 1.54) is 61.4 Å². The Hall–Kier alpha value is -6.06. The summed E-state index contributed by atoms with van der Waals surface area (Å²) in [7, 11) is 1.72. The first kappa shape index (κ1) is 34.2. The summed E-state index contributed by atoms with van der Waals surface area (Å²) in [4.78, 5) is 0. The zero-order valence-electron chi connectivity index (χ0n) is 33.4. The molecule has 2 heterocycles.